The van der Waals surface area contributed by atoms with Gasteiger partial charge in [0.25, 0.3) is 0 Å². The summed E-state index contributed by atoms with van der Waals surface area (Å²) in [4.78, 5) is 36.9. The number of nitrogens with one attached hydrogen (secondary N) is 1. The van der Waals surface area contributed by atoms with Gasteiger partial charge in [-0.05, 0) is 53.3 Å². The van der Waals surface area contributed by atoms with Gasteiger partial charge in [-0.2, -0.15) is 0 Å². The Morgan fingerprint density at radius 2 is 1.51 bits per heavy atom. The van der Waals surface area contributed by atoms with Crippen LogP contribution in [0.3, 0.4) is 0 Å². The van der Waals surface area contributed by atoms with E-state index >= 15 is 0 Å². The third-order valence-corrected chi connectivity index (χ3v) is 6.23. The summed E-state index contributed by atoms with van der Waals surface area (Å²) < 4.78 is 5.57. The van der Waals surface area contributed by atoms with Crippen molar-refractivity contribution < 1.29 is 24.2 Å². The van der Waals surface area contributed by atoms with E-state index in [1.54, 1.807) is 19.1 Å². The summed E-state index contributed by atoms with van der Waals surface area (Å²) in [5.41, 5.74) is 6.18. The van der Waals surface area contributed by atoms with E-state index in [9.17, 15) is 14.4 Å². The van der Waals surface area contributed by atoms with Gasteiger partial charge in [0.1, 0.15) is 13.2 Å². The lowest BCUT2D eigenvalue weighted by molar-refractivity contribution is -0.144. The number of amides is 2. The molecule has 0 spiro atoms. The van der Waals surface area contributed by atoms with E-state index in [0.29, 0.717) is 18.7 Å². The van der Waals surface area contributed by atoms with Gasteiger partial charge in [0.05, 0.1) is 0 Å². The second-order valence-electron chi connectivity index (χ2n) is 8.45. The minimum atomic E-state index is -1.02. The van der Waals surface area contributed by atoms with Gasteiger partial charge in [-0.3, -0.25) is 14.9 Å². The van der Waals surface area contributed by atoms with Crippen LogP contribution in [-0.2, 0) is 20.7 Å². The van der Waals surface area contributed by atoms with Gasteiger partial charge in [-0.15, -0.1) is 0 Å². The predicted molar refractivity (Wildman–Crippen MR) is 133 cm³/mol. The maximum Gasteiger partial charge on any atom is 0.411 e. The molecular formula is C28H28N2O5. The Morgan fingerprint density at radius 1 is 0.914 bits per heavy atom. The SMILES string of the molecule is CCN(CC(=O)O)C(=O)CCc1ccc(NC(=O)OCC2c3ccccc3-c3ccccc32)cc1. The average molecular weight is 473 g/mol. The van der Waals surface area contributed by atoms with E-state index in [1.165, 1.54) is 16.0 Å². The molecule has 0 heterocycles. The molecule has 0 aromatic heterocycles. The number of carboxylic acids is 1. The maximum absolute atomic E-state index is 12.5. The van der Waals surface area contributed by atoms with Crippen LogP contribution in [-0.4, -0.2) is 47.7 Å². The average Bonchev–Trinajstić information content (AvgIpc) is 3.19. The Kier molecular flexibility index (Phi) is 7.45. The highest BCUT2D eigenvalue weighted by atomic mass is 16.5. The lowest BCUT2D eigenvalue weighted by Crippen LogP contribution is -2.35. The van der Waals surface area contributed by atoms with Crippen molar-refractivity contribution >= 4 is 23.7 Å². The van der Waals surface area contributed by atoms with Gasteiger partial charge in [-0.25, -0.2) is 4.79 Å². The van der Waals surface area contributed by atoms with E-state index in [1.807, 2.05) is 36.4 Å². The normalized spacial score (nSPS) is 11.9. The van der Waals surface area contributed by atoms with Crippen molar-refractivity contribution in [2.75, 3.05) is 25.0 Å². The molecule has 2 N–H and O–H groups in total. The molecule has 0 fully saturated rings. The molecule has 7 heteroatoms. The molecule has 0 unspecified atom stereocenters. The molecule has 0 bridgehead atoms. The van der Waals surface area contributed by atoms with Crippen molar-refractivity contribution in [3.8, 4) is 11.1 Å². The Morgan fingerprint density at radius 3 is 2.09 bits per heavy atom. The molecular weight excluding hydrogens is 444 g/mol. The molecule has 3 aromatic rings. The van der Waals surface area contributed by atoms with E-state index in [2.05, 4.69) is 29.6 Å². The topological polar surface area (TPSA) is 95.9 Å². The van der Waals surface area contributed by atoms with Crippen LogP contribution in [0.15, 0.2) is 72.8 Å². The molecule has 4 rings (SSSR count). The summed E-state index contributed by atoms with van der Waals surface area (Å²) in [6.07, 6.45) is 0.183. The first-order valence-corrected chi connectivity index (χ1v) is 11.7. The number of hydrogen-bond donors (Lipinski definition) is 2. The molecule has 1 aliphatic rings. The highest BCUT2D eigenvalue weighted by Crippen LogP contribution is 2.44. The van der Waals surface area contributed by atoms with Crippen molar-refractivity contribution in [3.05, 3.63) is 89.5 Å². The van der Waals surface area contributed by atoms with Gasteiger partial charge in [-0.1, -0.05) is 60.7 Å². The Hall–Kier alpha value is -4.13. The number of aliphatic carboxylic acids is 1. The van der Waals surface area contributed by atoms with Crippen molar-refractivity contribution in [2.45, 2.75) is 25.7 Å². The minimum Gasteiger partial charge on any atom is -0.480 e. The molecule has 2 amide bonds. The van der Waals surface area contributed by atoms with Crippen LogP contribution in [0.4, 0.5) is 10.5 Å². The first-order valence-electron chi connectivity index (χ1n) is 11.7. The summed E-state index contributed by atoms with van der Waals surface area (Å²) in [6.45, 7) is 2.06. The number of anilines is 1. The van der Waals surface area contributed by atoms with Gasteiger partial charge >= 0.3 is 12.1 Å². The van der Waals surface area contributed by atoms with E-state index in [0.717, 1.165) is 16.7 Å². The van der Waals surface area contributed by atoms with Crippen molar-refractivity contribution in [2.24, 2.45) is 0 Å². The number of carbonyl (C=O) groups excluding carboxylic acids is 2. The second kappa shape index (κ2) is 10.9. The number of hydrogen-bond acceptors (Lipinski definition) is 4. The molecule has 180 valence electrons. The summed E-state index contributed by atoms with van der Waals surface area (Å²) >= 11 is 0. The molecule has 0 aliphatic heterocycles. The maximum atomic E-state index is 12.5. The van der Waals surface area contributed by atoms with E-state index in [-0.39, 0.29) is 31.4 Å². The van der Waals surface area contributed by atoms with Crippen LogP contribution in [0, 0.1) is 0 Å². The van der Waals surface area contributed by atoms with Gasteiger partial charge in [0, 0.05) is 24.6 Å². The first kappa shape index (κ1) is 24.0. The van der Waals surface area contributed by atoms with E-state index in [4.69, 9.17) is 9.84 Å². The monoisotopic (exact) mass is 472 g/mol. The molecule has 0 atom stereocenters. The zero-order valence-electron chi connectivity index (χ0n) is 19.6. The number of benzene rings is 3. The molecule has 3 aromatic carbocycles. The smallest absolute Gasteiger partial charge is 0.411 e. The minimum absolute atomic E-state index is 0.00289. The quantitative estimate of drug-likeness (QED) is 0.461. The lowest BCUT2D eigenvalue weighted by atomic mass is 9.98. The fourth-order valence-electron chi connectivity index (χ4n) is 4.46. The van der Waals surface area contributed by atoms with Gasteiger partial charge in [0.15, 0.2) is 0 Å². The number of aryl methyl sites for hydroxylation is 1. The van der Waals surface area contributed by atoms with E-state index < -0.39 is 12.1 Å². The molecule has 0 saturated heterocycles. The fourth-order valence-corrected chi connectivity index (χ4v) is 4.46. The summed E-state index contributed by atoms with van der Waals surface area (Å²) in [5, 5.41) is 11.7. The second-order valence-corrected chi connectivity index (χ2v) is 8.45. The molecule has 1 aliphatic carbocycles. The zero-order chi connectivity index (χ0) is 24.8. The number of carboxylic acid groups (broad SMARTS) is 1. The predicted octanol–water partition coefficient (Wildman–Crippen LogP) is 4.91. The first-order chi connectivity index (χ1) is 17.0. The van der Waals surface area contributed by atoms with Crippen LogP contribution < -0.4 is 5.32 Å². The van der Waals surface area contributed by atoms with Crippen molar-refractivity contribution in [1.82, 2.24) is 4.90 Å². The number of likely N-dealkylation sites (N-methyl/N-ethyl adjacent to an activating group) is 1. The summed E-state index contributed by atoms with van der Waals surface area (Å²) in [7, 11) is 0. The van der Waals surface area contributed by atoms with Crippen LogP contribution >= 0.6 is 0 Å². The lowest BCUT2D eigenvalue weighted by Gasteiger charge is -2.18. The van der Waals surface area contributed by atoms with Crippen LogP contribution in [0.5, 0.6) is 0 Å². The highest BCUT2D eigenvalue weighted by Gasteiger charge is 2.29. The Bertz CT molecular complexity index is 1180. The number of nitrogens with zero attached hydrogens (tertiary/aromatic N) is 1. The van der Waals surface area contributed by atoms with Gasteiger partial charge in [0.2, 0.25) is 5.91 Å². The number of carbonyl (C=O) groups is 3. The standard InChI is InChI=1S/C28H28N2O5/c1-2-30(17-27(32)33)26(31)16-13-19-11-14-20(15-12-19)29-28(34)35-18-25-23-9-5-3-7-21(23)22-8-4-6-10-24(22)25/h3-12,14-15,25H,2,13,16-18H2,1H3,(H,29,34)(H,32,33). The molecule has 0 saturated carbocycles. The number of ether oxygens (including phenoxy) is 1. The molecule has 35 heavy (non-hydrogen) atoms. The summed E-state index contributed by atoms with van der Waals surface area (Å²) in [5.74, 6) is -1.23. The Balaban J connectivity index is 1.29. The third-order valence-electron chi connectivity index (χ3n) is 6.23. The van der Waals surface area contributed by atoms with Crippen molar-refractivity contribution in [1.29, 1.82) is 0 Å². The molecule has 7 nitrogen and oxygen atoms in total. The highest BCUT2D eigenvalue weighted by molar-refractivity contribution is 5.85. The van der Waals surface area contributed by atoms with Crippen LogP contribution in [0.25, 0.3) is 11.1 Å². The van der Waals surface area contributed by atoms with Crippen LogP contribution in [0.2, 0.25) is 0 Å². The molecule has 0 radical (unpaired) electrons. The fraction of sp³-hybridized carbons (Fsp3) is 0.250. The number of fused-ring (bicyclic) bond motifs is 3. The summed E-state index contributed by atoms with van der Waals surface area (Å²) in [6, 6.07) is 23.5. The van der Waals surface area contributed by atoms with Gasteiger partial charge < -0.3 is 14.7 Å². The Labute approximate surface area is 204 Å². The zero-order valence-corrected chi connectivity index (χ0v) is 19.6. The third kappa shape index (κ3) is 5.69. The van der Waals surface area contributed by atoms with Crippen LogP contribution in [0.1, 0.15) is 36.0 Å². The van der Waals surface area contributed by atoms with Crippen molar-refractivity contribution in [3.63, 3.8) is 0 Å². The largest absolute Gasteiger partial charge is 0.480 e. The number of rotatable bonds is 9.